The number of ether oxygens (including phenoxy) is 1. The molecule has 106 valence electrons. The molecule has 1 heterocycles. The van der Waals surface area contributed by atoms with E-state index < -0.39 is 6.10 Å². The van der Waals surface area contributed by atoms with Gasteiger partial charge in [-0.25, -0.2) is 0 Å². The predicted octanol–water partition coefficient (Wildman–Crippen LogP) is 2.64. The second-order valence-corrected chi connectivity index (χ2v) is 4.97. The second kappa shape index (κ2) is 5.40. The number of nitrogens with zero attached hydrogens (tertiary/aromatic N) is 1. The molecular weight excluding hydrogens is 266 g/mol. The third kappa shape index (κ3) is 2.52. The Kier molecular flexibility index (Phi) is 3.44. The minimum Gasteiger partial charge on any atom is -0.480 e. The second-order valence-electron chi connectivity index (χ2n) is 4.97. The average molecular weight is 281 g/mol. The highest BCUT2D eigenvalue weighted by atomic mass is 16.5. The van der Waals surface area contributed by atoms with Gasteiger partial charge in [0, 0.05) is 0 Å². The van der Waals surface area contributed by atoms with E-state index >= 15 is 0 Å². The molecule has 0 radical (unpaired) electrons. The molecule has 1 aliphatic rings. The summed E-state index contributed by atoms with van der Waals surface area (Å²) in [5.41, 5.74) is 1.33. The van der Waals surface area contributed by atoms with Gasteiger partial charge in [0.2, 0.25) is 0 Å². The van der Waals surface area contributed by atoms with Crippen molar-refractivity contribution >= 4 is 11.8 Å². The minimum absolute atomic E-state index is 0.251. The van der Waals surface area contributed by atoms with Gasteiger partial charge in [-0.2, -0.15) is 0 Å². The molecule has 21 heavy (non-hydrogen) atoms. The lowest BCUT2D eigenvalue weighted by Gasteiger charge is -2.20. The summed E-state index contributed by atoms with van der Waals surface area (Å²) in [5, 5.41) is 0. The van der Waals surface area contributed by atoms with Crippen LogP contribution in [0, 0.1) is 0 Å². The van der Waals surface area contributed by atoms with Crippen molar-refractivity contribution in [3.63, 3.8) is 0 Å². The van der Waals surface area contributed by atoms with Crippen molar-refractivity contribution in [1.82, 2.24) is 4.90 Å². The van der Waals surface area contributed by atoms with Gasteiger partial charge < -0.3 is 4.74 Å². The highest BCUT2D eigenvalue weighted by molar-refractivity contribution is 6.08. The Hall–Kier alpha value is -2.62. The summed E-state index contributed by atoms with van der Waals surface area (Å²) in [4.78, 5) is 26.3. The molecule has 0 fully saturated rings. The summed E-state index contributed by atoms with van der Waals surface area (Å²) >= 11 is 0. The summed E-state index contributed by atoms with van der Waals surface area (Å²) in [5.74, 6) is -0.178. The lowest BCUT2D eigenvalue weighted by atomic mass is 10.1. The molecule has 4 nitrogen and oxygen atoms in total. The van der Waals surface area contributed by atoms with Gasteiger partial charge in [-0.05, 0) is 24.6 Å². The quantitative estimate of drug-likeness (QED) is 0.795. The van der Waals surface area contributed by atoms with Gasteiger partial charge in [-0.1, -0.05) is 42.5 Å². The first-order valence-corrected chi connectivity index (χ1v) is 6.82. The van der Waals surface area contributed by atoms with Crippen LogP contribution < -0.4 is 4.74 Å². The van der Waals surface area contributed by atoms with Crippen LogP contribution in [0.2, 0.25) is 0 Å². The zero-order chi connectivity index (χ0) is 14.8. The smallest absolute Gasteiger partial charge is 0.270 e. The van der Waals surface area contributed by atoms with E-state index in [9.17, 15) is 9.59 Å². The lowest BCUT2D eigenvalue weighted by Crippen LogP contribution is -2.41. The molecule has 0 N–H and O–H groups in total. The fourth-order valence-corrected chi connectivity index (χ4v) is 2.37. The molecule has 3 rings (SSSR count). The van der Waals surface area contributed by atoms with Gasteiger partial charge in [0.25, 0.3) is 11.8 Å². The molecule has 0 aliphatic carbocycles. The molecule has 0 spiro atoms. The van der Waals surface area contributed by atoms with Crippen molar-refractivity contribution < 1.29 is 14.3 Å². The number of rotatable bonds is 2. The number of hydrogen-bond acceptors (Lipinski definition) is 3. The minimum atomic E-state index is -0.679. The molecule has 0 bridgehead atoms. The summed E-state index contributed by atoms with van der Waals surface area (Å²) in [6.45, 7) is 1.91. The van der Waals surface area contributed by atoms with Crippen LogP contribution in [-0.2, 0) is 11.3 Å². The molecule has 2 aromatic rings. The molecule has 2 amide bonds. The number of hydrogen-bond donors (Lipinski definition) is 0. The SMILES string of the molecule is CC1Oc2ccccc2C(=O)N(Cc2ccccc2)C1=O. The average Bonchev–Trinajstić information content (AvgIpc) is 2.60. The summed E-state index contributed by atoms with van der Waals surface area (Å²) in [7, 11) is 0. The van der Waals surface area contributed by atoms with Crippen molar-refractivity contribution in [3.05, 3.63) is 65.7 Å². The Labute approximate surface area is 123 Å². The third-order valence-electron chi connectivity index (χ3n) is 3.46. The van der Waals surface area contributed by atoms with Gasteiger partial charge >= 0.3 is 0 Å². The standard InChI is InChI=1S/C17H15NO3/c1-12-16(19)18(11-13-7-3-2-4-8-13)17(20)14-9-5-6-10-15(14)21-12/h2-10,12H,11H2,1H3. The maximum atomic E-state index is 12.6. The van der Waals surface area contributed by atoms with Crippen LogP contribution in [0.4, 0.5) is 0 Å². The van der Waals surface area contributed by atoms with Crippen LogP contribution in [0.5, 0.6) is 5.75 Å². The number of carbonyl (C=O) groups is 2. The van der Waals surface area contributed by atoms with Crippen LogP contribution in [0.1, 0.15) is 22.8 Å². The van der Waals surface area contributed by atoms with Crippen molar-refractivity contribution in [2.45, 2.75) is 19.6 Å². The first kappa shape index (κ1) is 13.4. The zero-order valence-electron chi connectivity index (χ0n) is 11.7. The summed E-state index contributed by atoms with van der Waals surface area (Å²) < 4.78 is 5.60. The van der Waals surface area contributed by atoms with Crippen LogP contribution in [-0.4, -0.2) is 22.8 Å². The number of benzene rings is 2. The zero-order valence-corrected chi connectivity index (χ0v) is 11.7. The van der Waals surface area contributed by atoms with E-state index in [4.69, 9.17) is 4.74 Å². The first-order chi connectivity index (χ1) is 10.2. The lowest BCUT2D eigenvalue weighted by molar-refractivity contribution is -0.135. The van der Waals surface area contributed by atoms with E-state index in [0.29, 0.717) is 11.3 Å². The molecular formula is C17H15NO3. The highest BCUT2D eigenvalue weighted by Crippen LogP contribution is 2.26. The molecule has 1 unspecified atom stereocenters. The van der Waals surface area contributed by atoms with Crippen LogP contribution in [0.25, 0.3) is 0 Å². The third-order valence-corrected chi connectivity index (χ3v) is 3.46. The number of imide groups is 1. The summed E-state index contributed by atoms with van der Waals surface area (Å²) in [6.07, 6.45) is -0.679. The van der Waals surface area contributed by atoms with Crippen molar-refractivity contribution in [3.8, 4) is 5.75 Å². The fourth-order valence-electron chi connectivity index (χ4n) is 2.37. The monoisotopic (exact) mass is 281 g/mol. The molecule has 1 aliphatic heterocycles. The van der Waals surface area contributed by atoms with Gasteiger partial charge in [-0.3, -0.25) is 14.5 Å². The number of para-hydroxylation sites is 1. The Morgan fingerprint density at radius 1 is 1.00 bits per heavy atom. The first-order valence-electron chi connectivity index (χ1n) is 6.82. The summed E-state index contributed by atoms with van der Waals surface area (Å²) in [6, 6.07) is 16.4. The van der Waals surface area contributed by atoms with E-state index in [-0.39, 0.29) is 18.4 Å². The highest BCUT2D eigenvalue weighted by Gasteiger charge is 2.33. The van der Waals surface area contributed by atoms with Crippen LogP contribution in [0.15, 0.2) is 54.6 Å². The van der Waals surface area contributed by atoms with Crippen LogP contribution in [0.3, 0.4) is 0 Å². The number of fused-ring (bicyclic) bond motifs is 1. The molecule has 4 heteroatoms. The normalized spacial score (nSPS) is 18.0. The maximum Gasteiger partial charge on any atom is 0.270 e. The van der Waals surface area contributed by atoms with Crippen molar-refractivity contribution in [2.75, 3.05) is 0 Å². The van der Waals surface area contributed by atoms with E-state index in [1.54, 1.807) is 31.2 Å². The topological polar surface area (TPSA) is 46.6 Å². The maximum absolute atomic E-state index is 12.6. The van der Waals surface area contributed by atoms with E-state index in [2.05, 4.69) is 0 Å². The molecule has 0 saturated heterocycles. The van der Waals surface area contributed by atoms with Crippen molar-refractivity contribution in [1.29, 1.82) is 0 Å². The van der Waals surface area contributed by atoms with Gasteiger partial charge in [0.15, 0.2) is 6.10 Å². The number of carbonyl (C=O) groups excluding carboxylic acids is 2. The molecule has 1 atom stereocenters. The molecule has 2 aromatic carbocycles. The predicted molar refractivity (Wildman–Crippen MR) is 77.9 cm³/mol. The Balaban J connectivity index is 1.99. The van der Waals surface area contributed by atoms with E-state index in [1.807, 2.05) is 30.3 Å². The van der Waals surface area contributed by atoms with Gasteiger partial charge in [0.05, 0.1) is 12.1 Å². The Morgan fingerprint density at radius 3 is 2.43 bits per heavy atom. The molecule has 0 aromatic heterocycles. The Bertz CT molecular complexity index is 681. The van der Waals surface area contributed by atoms with Gasteiger partial charge in [-0.15, -0.1) is 0 Å². The van der Waals surface area contributed by atoms with Gasteiger partial charge in [0.1, 0.15) is 5.75 Å². The Morgan fingerprint density at radius 2 is 1.67 bits per heavy atom. The van der Waals surface area contributed by atoms with Crippen LogP contribution >= 0.6 is 0 Å². The fraction of sp³-hybridized carbons (Fsp3) is 0.176. The largest absolute Gasteiger partial charge is 0.480 e. The molecule has 0 saturated carbocycles. The van der Waals surface area contributed by atoms with Crippen molar-refractivity contribution in [2.24, 2.45) is 0 Å². The van der Waals surface area contributed by atoms with E-state index in [0.717, 1.165) is 5.56 Å². The number of amides is 2. The van der Waals surface area contributed by atoms with E-state index in [1.165, 1.54) is 4.90 Å².